The third kappa shape index (κ3) is 1.83. The average molecular weight is 257 g/mol. The van der Waals surface area contributed by atoms with E-state index in [4.69, 9.17) is 5.11 Å². The maximum Gasteiger partial charge on any atom is 0.489 e. The number of nitrogens with zero attached hydrogens (tertiary/aromatic N) is 1. The van der Waals surface area contributed by atoms with E-state index in [0.717, 1.165) is 6.07 Å². The molecule has 94 valence electrons. The highest BCUT2D eigenvalue weighted by molar-refractivity contribution is 5.90. The second-order valence-corrected chi connectivity index (χ2v) is 3.52. The Morgan fingerprint density at radius 1 is 1.22 bits per heavy atom. The summed E-state index contributed by atoms with van der Waals surface area (Å²) in [6.45, 7) is 0. The largest absolute Gasteiger partial charge is 0.489 e. The van der Waals surface area contributed by atoms with E-state index >= 15 is 0 Å². The van der Waals surface area contributed by atoms with Crippen LogP contribution in [0.2, 0.25) is 0 Å². The van der Waals surface area contributed by atoms with E-state index in [2.05, 4.69) is 0 Å². The molecular formula is C11H6F3NO3. The lowest BCUT2D eigenvalue weighted by molar-refractivity contribution is -0.201. The standard InChI is InChI=1S/C11H6F3NO3/c12-11(13,14)15-7-4-2-1-3-6(7)9(16)5-8(15)10(17)18/h1-5H,(H,17,18). The smallest absolute Gasteiger partial charge is 0.477 e. The first-order valence-corrected chi connectivity index (χ1v) is 4.77. The van der Waals surface area contributed by atoms with Crippen molar-refractivity contribution in [3.8, 4) is 0 Å². The molecule has 0 unspecified atom stereocenters. The van der Waals surface area contributed by atoms with Crippen molar-refractivity contribution in [3.63, 3.8) is 0 Å². The van der Waals surface area contributed by atoms with Crippen LogP contribution >= 0.6 is 0 Å². The topological polar surface area (TPSA) is 59.3 Å². The van der Waals surface area contributed by atoms with Crippen molar-refractivity contribution in [2.24, 2.45) is 0 Å². The van der Waals surface area contributed by atoms with Crippen LogP contribution in [0.5, 0.6) is 0 Å². The Hall–Kier alpha value is -2.31. The van der Waals surface area contributed by atoms with Crippen LogP contribution in [0.25, 0.3) is 10.9 Å². The fourth-order valence-corrected chi connectivity index (χ4v) is 1.70. The second-order valence-electron chi connectivity index (χ2n) is 3.52. The quantitative estimate of drug-likeness (QED) is 0.851. The molecule has 2 rings (SSSR count). The fourth-order valence-electron chi connectivity index (χ4n) is 1.70. The van der Waals surface area contributed by atoms with Crippen LogP contribution in [0.4, 0.5) is 13.2 Å². The van der Waals surface area contributed by atoms with Gasteiger partial charge in [0, 0.05) is 11.5 Å². The Morgan fingerprint density at radius 3 is 2.39 bits per heavy atom. The summed E-state index contributed by atoms with van der Waals surface area (Å²) in [5.41, 5.74) is -2.34. The lowest BCUT2D eigenvalue weighted by Gasteiger charge is -2.16. The van der Waals surface area contributed by atoms with Gasteiger partial charge in [0.15, 0.2) is 5.43 Å². The van der Waals surface area contributed by atoms with Crippen LogP contribution in [-0.4, -0.2) is 15.6 Å². The summed E-state index contributed by atoms with van der Waals surface area (Å²) in [6.07, 6.45) is -4.92. The van der Waals surface area contributed by atoms with Crippen LogP contribution in [0.1, 0.15) is 10.5 Å². The fraction of sp³-hybridized carbons (Fsp3) is 0.0909. The minimum Gasteiger partial charge on any atom is -0.477 e. The number of para-hydroxylation sites is 1. The molecule has 0 radical (unpaired) electrons. The average Bonchev–Trinajstić information content (AvgIpc) is 2.27. The molecule has 4 nitrogen and oxygen atoms in total. The number of halogens is 3. The molecule has 0 fully saturated rings. The van der Waals surface area contributed by atoms with Crippen LogP contribution in [0.15, 0.2) is 35.1 Å². The Kier molecular flexibility index (Phi) is 2.61. The van der Waals surface area contributed by atoms with E-state index in [1.165, 1.54) is 18.2 Å². The summed E-state index contributed by atoms with van der Waals surface area (Å²) in [6, 6.07) is 5.45. The van der Waals surface area contributed by atoms with Gasteiger partial charge in [-0.2, -0.15) is 0 Å². The Morgan fingerprint density at radius 2 is 1.83 bits per heavy atom. The van der Waals surface area contributed by atoms with E-state index in [1.807, 2.05) is 0 Å². The molecule has 1 N–H and O–H groups in total. The van der Waals surface area contributed by atoms with Gasteiger partial charge < -0.3 is 5.11 Å². The van der Waals surface area contributed by atoms with Crippen LogP contribution < -0.4 is 5.43 Å². The molecule has 2 aromatic rings. The molecule has 0 atom stereocenters. The number of carbonyl (C=O) groups is 1. The van der Waals surface area contributed by atoms with Gasteiger partial charge in [-0.3, -0.25) is 4.79 Å². The third-order valence-electron chi connectivity index (χ3n) is 2.39. The maximum atomic E-state index is 12.9. The van der Waals surface area contributed by atoms with Crippen LogP contribution in [-0.2, 0) is 6.30 Å². The van der Waals surface area contributed by atoms with Crippen molar-refractivity contribution in [1.82, 2.24) is 4.57 Å². The zero-order chi connectivity index (χ0) is 13.5. The molecule has 0 aliphatic carbocycles. The molecule has 1 aromatic carbocycles. The van der Waals surface area contributed by atoms with E-state index in [9.17, 15) is 22.8 Å². The monoisotopic (exact) mass is 257 g/mol. The van der Waals surface area contributed by atoms with Gasteiger partial charge in [0.1, 0.15) is 5.69 Å². The lowest BCUT2D eigenvalue weighted by atomic mass is 10.2. The number of carboxylic acids is 1. The summed E-state index contributed by atoms with van der Waals surface area (Å²) in [4.78, 5) is 22.3. The van der Waals surface area contributed by atoms with Crippen molar-refractivity contribution in [2.45, 2.75) is 6.30 Å². The molecule has 0 bridgehead atoms. The number of benzene rings is 1. The summed E-state index contributed by atoms with van der Waals surface area (Å²) in [5, 5.41) is 8.57. The maximum absolute atomic E-state index is 12.9. The number of hydrogen-bond acceptors (Lipinski definition) is 2. The van der Waals surface area contributed by atoms with E-state index < -0.39 is 28.9 Å². The van der Waals surface area contributed by atoms with Crippen molar-refractivity contribution < 1.29 is 23.1 Å². The molecule has 0 aliphatic heterocycles. The lowest BCUT2D eigenvalue weighted by Crippen LogP contribution is -2.27. The van der Waals surface area contributed by atoms with Crippen LogP contribution in [0.3, 0.4) is 0 Å². The highest BCUT2D eigenvalue weighted by atomic mass is 19.4. The minimum atomic E-state index is -4.92. The van der Waals surface area contributed by atoms with E-state index in [1.54, 1.807) is 0 Å². The first-order valence-electron chi connectivity index (χ1n) is 4.77. The van der Waals surface area contributed by atoms with Gasteiger partial charge in [0.25, 0.3) is 0 Å². The molecule has 0 aliphatic rings. The zero-order valence-corrected chi connectivity index (χ0v) is 8.73. The first kappa shape index (κ1) is 12.2. The number of rotatable bonds is 1. The molecule has 1 heterocycles. The summed E-state index contributed by atoms with van der Waals surface area (Å²) in [7, 11) is 0. The van der Waals surface area contributed by atoms with E-state index in [0.29, 0.717) is 6.07 Å². The van der Waals surface area contributed by atoms with Crippen molar-refractivity contribution >= 4 is 16.9 Å². The number of pyridine rings is 1. The molecule has 0 saturated carbocycles. The number of aromatic carboxylic acids is 1. The first-order chi connectivity index (χ1) is 8.32. The van der Waals surface area contributed by atoms with Gasteiger partial charge in [-0.1, -0.05) is 12.1 Å². The number of carboxylic acid groups (broad SMARTS) is 1. The number of hydrogen-bond donors (Lipinski definition) is 1. The molecule has 0 spiro atoms. The van der Waals surface area contributed by atoms with Crippen molar-refractivity contribution in [1.29, 1.82) is 0 Å². The van der Waals surface area contributed by atoms with Crippen molar-refractivity contribution in [2.75, 3.05) is 0 Å². The normalized spacial score (nSPS) is 11.7. The molecule has 7 heteroatoms. The number of aromatic nitrogens is 1. The van der Waals surface area contributed by atoms with Gasteiger partial charge in [0.05, 0.1) is 5.52 Å². The SMILES string of the molecule is O=C(O)c1cc(=O)c2ccccc2n1C(F)(F)F. The molecular weight excluding hydrogens is 251 g/mol. The van der Waals surface area contributed by atoms with Gasteiger partial charge >= 0.3 is 12.3 Å². The molecule has 1 aromatic heterocycles. The van der Waals surface area contributed by atoms with Gasteiger partial charge in [-0.05, 0) is 12.1 Å². The van der Waals surface area contributed by atoms with E-state index in [-0.39, 0.29) is 9.95 Å². The van der Waals surface area contributed by atoms with Crippen molar-refractivity contribution in [3.05, 3.63) is 46.2 Å². The van der Waals surface area contributed by atoms with Gasteiger partial charge in [-0.25, -0.2) is 9.36 Å². The highest BCUT2D eigenvalue weighted by Crippen LogP contribution is 2.28. The summed E-state index contributed by atoms with van der Waals surface area (Å²) < 4.78 is 38.3. The molecule has 18 heavy (non-hydrogen) atoms. The summed E-state index contributed by atoms with van der Waals surface area (Å²) >= 11 is 0. The Balaban J connectivity index is 3.03. The second kappa shape index (κ2) is 3.86. The predicted octanol–water partition coefficient (Wildman–Crippen LogP) is 2.18. The molecule has 0 saturated heterocycles. The van der Waals surface area contributed by atoms with Gasteiger partial charge in [-0.15, -0.1) is 13.2 Å². The number of alkyl halides is 3. The Labute approximate surface area is 97.9 Å². The number of fused-ring (bicyclic) bond motifs is 1. The van der Waals surface area contributed by atoms with Crippen LogP contribution in [0, 0.1) is 0 Å². The van der Waals surface area contributed by atoms with Gasteiger partial charge in [0.2, 0.25) is 0 Å². The Bertz CT molecular complexity index is 688. The minimum absolute atomic E-state index is 0.181. The highest BCUT2D eigenvalue weighted by Gasteiger charge is 2.35. The zero-order valence-electron chi connectivity index (χ0n) is 8.73. The third-order valence-corrected chi connectivity index (χ3v) is 2.39. The molecule has 0 amide bonds. The summed E-state index contributed by atoms with van der Waals surface area (Å²) in [5.74, 6) is -1.81. The predicted molar refractivity (Wildman–Crippen MR) is 56.5 cm³/mol.